The Morgan fingerprint density at radius 2 is 1.72 bits per heavy atom. The van der Waals surface area contributed by atoms with Crippen molar-refractivity contribution in [2.45, 2.75) is 18.3 Å². The summed E-state index contributed by atoms with van der Waals surface area (Å²) < 4.78 is 15.9. The summed E-state index contributed by atoms with van der Waals surface area (Å²) in [4.78, 5) is 24.9. The van der Waals surface area contributed by atoms with Crippen LogP contribution in [0.3, 0.4) is 0 Å². The van der Waals surface area contributed by atoms with Crippen LogP contribution in [0.5, 0.6) is 11.5 Å². The van der Waals surface area contributed by atoms with Gasteiger partial charge in [-0.05, 0) is 30.5 Å². The second kappa shape index (κ2) is 9.43. The third kappa shape index (κ3) is 4.86. The van der Waals surface area contributed by atoms with Crippen LogP contribution in [0.1, 0.15) is 18.4 Å². The lowest BCUT2D eigenvalue weighted by Gasteiger charge is -2.37. The van der Waals surface area contributed by atoms with E-state index in [-0.39, 0.29) is 5.41 Å². The van der Waals surface area contributed by atoms with Crippen LogP contribution in [-0.2, 0) is 19.7 Å². The van der Waals surface area contributed by atoms with Gasteiger partial charge < -0.3 is 24.8 Å². The molecular weight excluding hydrogens is 372 g/mol. The largest absolute Gasteiger partial charge is 0.497 e. The minimum atomic E-state index is -0.747. The van der Waals surface area contributed by atoms with Crippen LogP contribution in [0, 0.1) is 0 Å². The molecule has 0 saturated carbocycles. The number of nitrogens with one attached hydrogen (secondary N) is 2. The van der Waals surface area contributed by atoms with Crippen molar-refractivity contribution in [2.75, 3.05) is 39.3 Å². The molecule has 0 spiro atoms. The van der Waals surface area contributed by atoms with E-state index < -0.39 is 11.8 Å². The highest BCUT2D eigenvalue weighted by Crippen LogP contribution is 2.34. The molecule has 0 radical (unpaired) electrons. The molecule has 0 aromatic heterocycles. The van der Waals surface area contributed by atoms with Crippen molar-refractivity contribution in [3.8, 4) is 11.5 Å². The Bertz CT molecular complexity index is 848. The number of ether oxygens (including phenoxy) is 3. The van der Waals surface area contributed by atoms with Crippen LogP contribution in [0.4, 0.5) is 5.69 Å². The smallest absolute Gasteiger partial charge is 0.313 e. The van der Waals surface area contributed by atoms with E-state index in [1.807, 2.05) is 18.2 Å². The SMILES string of the molecule is COc1ccc(NC(=O)C(=O)NCC2(c3ccccc3)CCOCC2)c(OC)c1. The van der Waals surface area contributed by atoms with Gasteiger partial charge in [-0.1, -0.05) is 30.3 Å². The maximum Gasteiger partial charge on any atom is 0.313 e. The highest BCUT2D eigenvalue weighted by atomic mass is 16.5. The fraction of sp³-hybridized carbons (Fsp3) is 0.364. The molecule has 2 N–H and O–H groups in total. The Morgan fingerprint density at radius 1 is 1.00 bits per heavy atom. The molecule has 1 fully saturated rings. The lowest BCUT2D eigenvalue weighted by atomic mass is 9.74. The van der Waals surface area contributed by atoms with Gasteiger partial charge >= 0.3 is 11.8 Å². The van der Waals surface area contributed by atoms with Gasteiger partial charge in [-0.3, -0.25) is 9.59 Å². The number of carbonyl (C=O) groups excluding carboxylic acids is 2. The molecule has 7 nitrogen and oxygen atoms in total. The van der Waals surface area contributed by atoms with Gasteiger partial charge in [0, 0.05) is 31.2 Å². The average molecular weight is 398 g/mol. The summed E-state index contributed by atoms with van der Waals surface area (Å²) in [5.41, 5.74) is 1.30. The molecule has 0 bridgehead atoms. The average Bonchev–Trinajstić information content (AvgIpc) is 2.78. The highest BCUT2D eigenvalue weighted by molar-refractivity contribution is 6.39. The summed E-state index contributed by atoms with van der Waals surface area (Å²) in [7, 11) is 3.03. The van der Waals surface area contributed by atoms with Gasteiger partial charge in [0.25, 0.3) is 0 Å². The molecule has 0 unspecified atom stereocenters. The van der Waals surface area contributed by atoms with Crippen molar-refractivity contribution in [1.82, 2.24) is 5.32 Å². The second-order valence-electron chi connectivity index (χ2n) is 6.96. The first-order valence-electron chi connectivity index (χ1n) is 9.52. The summed E-state index contributed by atoms with van der Waals surface area (Å²) in [6.45, 7) is 1.62. The first-order valence-corrected chi connectivity index (χ1v) is 9.52. The van der Waals surface area contributed by atoms with E-state index in [1.165, 1.54) is 7.11 Å². The van der Waals surface area contributed by atoms with Gasteiger partial charge in [-0.15, -0.1) is 0 Å². The van der Waals surface area contributed by atoms with Crippen molar-refractivity contribution >= 4 is 17.5 Å². The summed E-state index contributed by atoms with van der Waals surface area (Å²) in [5.74, 6) is -0.433. The molecule has 29 heavy (non-hydrogen) atoms. The molecule has 0 atom stereocenters. The van der Waals surface area contributed by atoms with Gasteiger partial charge in [0.05, 0.1) is 19.9 Å². The summed E-state index contributed by atoms with van der Waals surface area (Å²) in [6, 6.07) is 15.0. The van der Waals surface area contributed by atoms with Gasteiger partial charge in [-0.2, -0.15) is 0 Å². The maximum atomic E-state index is 12.5. The normalized spacial score (nSPS) is 15.2. The Hall–Kier alpha value is -3.06. The van der Waals surface area contributed by atoms with Crippen molar-refractivity contribution < 1.29 is 23.8 Å². The maximum absolute atomic E-state index is 12.5. The van der Waals surface area contributed by atoms with Crippen molar-refractivity contribution in [1.29, 1.82) is 0 Å². The van der Waals surface area contributed by atoms with E-state index in [2.05, 4.69) is 22.8 Å². The first-order chi connectivity index (χ1) is 14.1. The molecular formula is C22H26N2O5. The first kappa shape index (κ1) is 20.7. The van der Waals surface area contributed by atoms with E-state index in [0.717, 1.165) is 18.4 Å². The molecule has 154 valence electrons. The fourth-order valence-electron chi connectivity index (χ4n) is 3.53. The molecule has 2 aromatic carbocycles. The third-order valence-corrected chi connectivity index (χ3v) is 5.29. The number of anilines is 1. The second-order valence-corrected chi connectivity index (χ2v) is 6.96. The molecule has 0 aliphatic carbocycles. The zero-order chi connectivity index (χ0) is 20.7. The van der Waals surface area contributed by atoms with E-state index in [1.54, 1.807) is 25.3 Å². The molecule has 1 aliphatic heterocycles. The number of methoxy groups -OCH3 is 2. The monoisotopic (exact) mass is 398 g/mol. The number of hydrogen-bond donors (Lipinski definition) is 2. The minimum Gasteiger partial charge on any atom is -0.497 e. The lowest BCUT2D eigenvalue weighted by Crippen LogP contribution is -2.47. The van der Waals surface area contributed by atoms with Crippen molar-refractivity contribution in [3.63, 3.8) is 0 Å². The Balaban J connectivity index is 1.67. The third-order valence-electron chi connectivity index (χ3n) is 5.29. The van der Waals surface area contributed by atoms with Gasteiger partial charge in [-0.25, -0.2) is 0 Å². The molecule has 7 heteroatoms. The Morgan fingerprint density at radius 3 is 2.38 bits per heavy atom. The van der Waals surface area contributed by atoms with E-state index >= 15 is 0 Å². The van der Waals surface area contributed by atoms with Crippen LogP contribution in [0.15, 0.2) is 48.5 Å². The zero-order valence-electron chi connectivity index (χ0n) is 16.7. The molecule has 1 saturated heterocycles. The molecule has 1 heterocycles. The van der Waals surface area contributed by atoms with Crippen LogP contribution in [0.25, 0.3) is 0 Å². The lowest BCUT2D eigenvalue weighted by molar-refractivity contribution is -0.136. The molecule has 3 rings (SSSR count). The minimum absolute atomic E-state index is 0.243. The van der Waals surface area contributed by atoms with Crippen LogP contribution in [-0.4, -0.2) is 45.8 Å². The quantitative estimate of drug-likeness (QED) is 0.731. The van der Waals surface area contributed by atoms with E-state index in [9.17, 15) is 9.59 Å². The predicted molar refractivity (Wildman–Crippen MR) is 109 cm³/mol. The van der Waals surface area contributed by atoms with Gasteiger partial charge in [0.15, 0.2) is 0 Å². The van der Waals surface area contributed by atoms with E-state index in [4.69, 9.17) is 14.2 Å². The Kier molecular flexibility index (Phi) is 6.72. The Labute approximate surface area is 170 Å². The molecule has 1 aliphatic rings. The highest BCUT2D eigenvalue weighted by Gasteiger charge is 2.35. The van der Waals surface area contributed by atoms with Gasteiger partial charge in [0.1, 0.15) is 11.5 Å². The topological polar surface area (TPSA) is 85.9 Å². The number of hydrogen-bond acceptors (Lipinski definition) is 5. The number of rotatable bonds is 6. The summed E-state index contributed by atoms with van der Waals surface area (Å²) in [6.07, 6.45) is 1.57. The van der Waals surface area contributed by atoms with E-state index in [0.29, 0.717) is 36.9 Å². The molecule has 2 aromatic rings. The summed E-state index contributed by atoms with van der Waals surface area (Å²) >= 11 is 0. The van der Waals surface area contributed by atoms with Gasteiger partial charge in [0.2, 0.25) is 0 Å². The molecule has 2 amide bonds. The summed E-state index contributed by atoms with van der Waals surface area (Å²) in [5, 5.41) is 5.40. The predicted octanol–water partition coefficient (Wildman–Crippen LogP) is 2.51. The van der Waals surface area contributed by atoms with Crippen LogP contribution >= 0.6 is 0 Å². The standard InChI is InChI=1S/C22H26N2O5/c1-27-17-8-9-18(19(14-17)28-2)24-21(26)20(25)23-15-22(10-12-29-13-11-22)16-6-4-3-5-7-16/h3-9,14H,10-13,15H2,1-2H3,(H,23,25)(H,24,26). The fourth-order valence-corrected chi connectivity index (χ4v) is 3.53. The zero-order valence-corrected chi connectivity index (χ0v) is 16.7. The van der Waals surface area contributed by atoms with Crippen molar-refractivity contribution in [3.05, 3.63) is 54.1 Å². The van der Waals surface area contributed by atoms with Crippen LogP contribution < -0.4 is 20.1 Å². The number of amides is 2. The van der Waals surface area contributed by atoms with Crippen molar-refractivity contribution in [2.24, 2.45) is 0 Å². The number of benzene rings is 2. The number of carbonyl (C=O) groups is 2. The van der Waals surface area contributed by atoms with Crippen LogP contribution in [0.2, 0.25) is 0 Å².